The fraction of sp³-hybridized carbons (Fsp3) is 0.450. The maximum Gasteiger partial charge on any atom is 0.242 e. The second-order valence-electron chi connectivity index (χ2n) is 7.10. The van der Waals surface area contributed by atoms with E-state index in [1.165, 1.54) is 12.3 Å². The van der Waals surface area contributed by atoms with Crippen molar-refractivity contribution in [1.82, 2.24) is 30.2 Å². The van der Waals surface area contributed by atoms with Crippen molar-refractivity contribution in [2.75, 3.05) is 33.2 Å². The molecule has 1 aliphatic rings. The number of guanidine groups is 1. The van der Waals surface area contributed by atoms with Crippen molar-refractivity contribution in [3.8, 4) is 0 Å². The van der Waals surface area contributed by atoms with Gasteiger partial charge in [0.05, 0.1) is 5.69 Å². The molecule has 10 heteroatoms. The van der Waals surface area contributed by atoms with Gasteiger partial charge in [0, 0.05) is 64.4 Å². The topological polar surface area (TPSA) is 112 Å². The number of nitrogens with one attached hydrogen (secondary N) is 3. The van der Waals surface area contributed by atoms with Crippen LogP contribution in [-0.2, 0) is 16.6 Å². The first-order valence-corrected chi connectivity index (χ1v) is 11.5. The van der Waals surface area contributed by atoms with E-state index in [-0.39, 0.29) is 11.4 Å². The zero-order valence-corrected chi connectivity index (χ0v) is 18.0. The Morgan fingerprint density at radius 2 is 2.00 bits per heavy atom. The van der Waals surface area contributed by atoms with Gasteiger partial charge in [0.15, 0.2) is 5.96 Å². The second kappa shape index (κ2) is 11.0. The highest BCUT2D eigenvalue weighted by Gasteiger charge is 2.20. The summed E-state index contributed by atoms with van der Waals surface area (Å²) < 4.78 is 26.9. The van der Waals surface area contributed by atoms with Crippen LogP contribution in [0.1, 0.15) is 18.5 Å². The molecule has 0 unspecified atom stereocenters. The number of sulfonamides is 1. The Kier molecular flexibility index (Phi) is 8.12. The highest BCUT2D eigenvalue weighted by atomic mass is 32.2. The third-order valence-electron chi connectivity index (χ3n) is 4.92. The number of aliphatic imine (C=N–C) groups is 1. The molecule has 0 amide bonds. The minimum absolute atomic E-state index is 0.157. The molecule has 30 heavy (non-hydrogen) atoms. The minimum Gasteiger partial charge on any atom is -0.355 e. The summed E-state index contributed by atoms with van der Waals surface area (Å²) in [6.07, 6.45) is 6.73. The molecule has 0 bridgehead atoms. The Morgan fingerprint density at radius 1 is 1.17 bits per heavy atom. The summed E-state index contributed by atoms with van der Waals surface area (Å²) in [6, 6.07) is 9.45. The van der Waals surface area contributed by atoms with E-state index in [1.807, 2.05) is 18.3 Å². The van der Waals surface area contributed by atoms with Gasteiger partial charge < -0.3 is 10.6 Å². The molecule has 1 fully saturated rings. The summed E-state index contributed by atoms with van der Waals surface area (Å²) in [4.78, 5) is 15.0. The summed E-state index contributed by atoms with van der Waals surface area (Å²) in [5.41, 5.74) is 1.09. The highest BCUT2D eigenvalue weighted by Crippen LogP contribution is 2.12. The maximum atomic E-state index is 12.2. The van der Waals surface area contributed by atoms with E-state index in [2.05, 4.69) is 41.3 Å². The lowest BCUT2D eigenvalue weighted by atomic mass is 10.1. The van der Waals surface area contributed by atoms with Gasteiger partial charge >= 0.3 is 0 Å². The van der Waals surface area contributed by atoms with Crippen LogP contribution in [0.5, 0.6) is 0 Å². The first-order valence-electron chi connectivity index (χ1n) is 10.1. The molecular formula is C20H29N7O2S. The molecule has 0 aromatic carbocycles. The summed E-state index contributed by atoms with van der Waals surface area (Å²) in [7, 11) is -1.83. The van der Waals surface area contributed by atoms with Crippen LogP contribution >= 0.6 is 0 Å². The number of pyridine rings is 2. The second-order valence-corrected chi connectivity index (χ2v) is 8.87. The van der Waals surface area contributed by atoms with E-state index in [0.29, 0.717) is 18.5 Å². The van der Waals surface area contributed by atoms with Crippen LogP contribution in [0.3, 0.4) is 0 Å². The number of rotatable bonds is 8. The standard InChI is InChI=1S/C20H29N7O2S/c1-21-20(24-11-12-25-30(28,29)19-6-4-9-22-15-19)26-17-7-13-27(14-8-17)16-18-5-2-3-10-23-18/h2-6,9-10,15,17,25H,7-8,11-14,16H2,1H3,(H2,21,24,26). The molecular weight excluding hydrogens is 402 g/mol. The van der Waals surface area contributed by atoms with Gasteiger partial charge in [-0.25, -0.2) is 13.1 Å². The van der Waals surface area contributed by atoms with E-state index in [4.69, 9.17) is 0 Å². The molecule has 1 saturated heterocycles. The number of hydrogen-bond acceptors (Lipinski definition) is 6. The van der Waals surface area contributed by atoms with Crippen molar-refractivity contribution >= 4 is 16.0 Å². The summed E-state index contributed by atoms with van der Waals surface area (Å²) in [5.74, 6) is 0.679. The first-order chi connectivity index (χ1) is 14.6. The lowest BCUT2D eigenvalue weighted by molar-refractivity contribution is 0.196. The van der Waals surface area contributed by atoms with Gasteiger partial charge in [-0.15, -0.1) is 0 Å². The number of hydrogen-bond donors (Lipinski definition) is 3. The van der Waals surface area contributed by atoms with Gasteiger partial charge in [0.25, 0.3) is 0 Å². The average Bonchev–Trinajstić information content (AvgIpc) is 2.78. The van der Waals surface area contributed by atoms with Gasteiger partial charge in [-0.1, -0.05) is 6.07 Å². The van der Waals surface area contributed by atoms with E-state index in [0.717, 1.165) is 38.2 Å². The minimum atomic E-state index is -3.55. The number of aromatic nitrogens is 2. The van der Waals surface area contributed by atoms with Gasteiger partial charge in [0.2, 0.25) is 10.0 Å². The van der Waals surface area contributed by atoms with Crippen LogP contribution in [0.15, 0.2) is 58.8 Å². The van der Waals surface area contributed by atoms with E-state index in [9.17, 15) is 8.42 Å². The Bertz CT molecular complexity index is 899. The van der Waals surface area contributed by atoms with Crippen LogP contribution in [0, 0.1) is 0 Å². The highest BCUT2D eigenvalue weighted by molar-refractivity contribution is 7.89. The smallest absolute Gasteiger partial charge is 0.242 e. The molecule has 0 spiro atoms. The van der Waals surface area contributed by atoms with Crippen LogP contribution in [-0.4, -0.2) is 68.5 Å². The average molecular weight is 432 g/mol. The Hall–Kier alpha value is -2.56. The van der Waals surface area contributed by atoms with Gasteiger partial charge in [-0.05, 0) is 37.1 Å². The quantitative estimate of drug-likeness (QED) is 0.319. The predicted molar refractivity (Wildman–Crippen MR) is 116 cm³/mol. The molecule has 0 radical (unpaired) electrons. The van der Waals surface area contributed by atoms with Gasteiger partial charge in [-0.3, -0.25) is 19.9 Å². The van der Waals surface area contributed by atoms with Crippen LogP contribution in [0.25, 0.3) is 0 Å². The normalized spacial score (nSPS) is 16.4. The zero-order valence-electron chi connectivity index (χ0n) is 17.2. The molecule has 2 aromatic rings. The largest absolute Gasteiger partial charge is 0.355 e. The van der Waals surface area contributed by atoms with Crippen molar-refractivity contribution < 1.29 is 8.42 Å². The number of likely N-dealkylation sites (tertiary alicyclic amines) is 1. The molecule has 162 valence electrons. The summed E-state index contributed by atoms with van der Waals surface area (Å²) in [5, 5.41) is 6.59. The zero-order chi connectivity index (χ0) is 21.2. The Morgan fingerprint density at radius 3 is 2.67 bits per heavy atom. The van der Waals surface area contributed by atoms with Gasteiger partial charge in [0.1, 0.15) is 4.90 Å². The van der Waals surface area contributed by atoms with E-state index in [1.54, 1.807) is 19.3 Å². The summed E-state index contributed by atoms with van der Waals surface area (Å²) >= 11 is 0. The van der Waals surface area contributed by atoms with Crippen molar-refractivity contribution in [2.45, 2.75) is 30.3 Å². The van der Waals surface area contributed by atoms with E-state index >= 15 is 0 Å². The van der Waals surface area contributed by atoms with E-state index < -0.39 is 10.0 Å². The van der Waals surface area contributed by atoms with Crippen molar-refractivity contribution in [1.29, 1.82) is 0 Å². The molecule has 3 heterocycles. The molecule has 0 atom stereocenters. The Labute approximate surface area is 178 Å². The molecule has 9 nitrogen and oxygen atoms in total. The predicted octanol–water partition coefficient (Wildman–Crippen LogP) is 0.585. The fourth-order valence-corrected chi connectivity index (χ4v) is 4.29. The van der Waals surface area contributed by atoms with Crippen LogP contribution < -0.4 is 15.4 Å². The number of piperidine rings is 1. The number of nitrogens with zero attached hydrogens (tertiary/aromatic N) is 4. The molecule has 0 aliphatic carbocycles. The first kappa shape index (κ1) is 22.1. The monoisotopic (exact) mass is 431 g/mol. The molecule has 3 rings (SSSR count). The molecule has 3 N–H and O–H groups in total. The summed E-state index contributed by atoms with van der Waals surface area (Å²) in [6.45, 7) is 3.54. The van der Waals surface area contributed by atoms with Crippen molar-refractivity contribution in [3.63, 3.8) is 0 Å². The van der Waals surface area contributed by atoms with Crippen LogP contribution in [0.4, 0.5) is 0 Å². The molecule has 1 aliphatic heterocycles. The molecule has 0 saturated carbocycles. The van der Waals surface area contributed by atoms with Gasteiger partial charge in [-0.2, -0.15) is 0 Å². The fourth-order valence-electron chi connectivity index (χ4n) is 3.30. The molecule has 2 aromatic heterocycles. The third kappa shape index (κ3) is 6.75. The maximum absolute atomic E-state index is 12.2. The van der Waals surface area contributed by atoms with Crippen LogP contribution in [0.2, 0.25) is 0 Å². The van der Waals surface area contributed by atoms with Crippen molar-refractivity contribution in [2.24, 2.45) is 4.99 Å². The van der Waals surface area contributed by atoms with Crippen molar-refractivity contribution in [3.05, 3.63) is 54.6 Å². The Balaban J connectivity index is 1.36. The SMILES string of the molecule is CN=C(NCCNS(=O)(=O)c1cccnc1)NC1CCN(Cc2ccccn2)CC1. The lowest BCUT2D eigenvalue weighted by Gasteiger charge is -2.32. The lowest BCUT2D eigenvalue weighted by Crippen LogP contribution is -2.49. The third-order valence-corrected chi connectivity index (χ3v) is 6.36.